The zero-order chi connectivity index (χ0) is 24.7. The van der Waals surface area contributed by atoms with Crippen LogP contribution in [0.5, 0.6) is 5.75 Å². The van der Waals surface area contributed by atoms with Crippen molar-refractivity contribution in [3.8, 4) is 17.1 Å². The van der Waals surface area contributed by atoms with Gasteiger partial charge in [0.15, 0.2) is 0 Å². The number of aromatic amines is 1. The summed E-state index contributed by atoms with van der Waals surface area (Å²) in [5, 5.41) is 3.82. The van der Waals surface area contributed by atoms with Gasteiger partial charge in [0.2, 0.25) is 0 Å². The van der Waals surface area contributed by atoms with Crippen LogP contribution in [0.2, 0.25) is 0 Å². The van der Waals surface area contributed by atoms with Gasteiger partial charge < -0.3 is 19.6 Å². The number of benzene rings is 3. The molecule has 0 saturated heterocycles. The average molecular weight is 478 g/mol. The Balaban J connectivity index is 1.60. The number of aryl methyl sites for hydroxylation is 1. The number of rotatable bonds is 4. The zero-order valence-electron chi connectivity index (χ0n) is 18.2. The Labute approximate surface area is 195 Å². The van der Waals surface area contributed by atoms with Crippen molar-refractivity contribution < 1.29 is 22.7 Å². The summed E-state index contributed by atoms with van der Waals surface area (Å²) in [4.78, 5) is 33.5. The highest BCUT2D eigenvalue weighted by atomic mass is 19.4. The van der Waals surface area contributed by atoms with Crippen molar-refractivity contribution in [2.75, 3.05) is 5.32 Å². The van der Waals surface area contributed by atoms with Gasteiger partial charge in [0.05, 0.1) is 16.5 Å². The van der Waals surface area contributed by atoms with Crippen LogP contribution in [0.25, 0.3) is 33.2 Å². The summed E-state index contributed by atoms with van der Waals surface area (Å²) in [6, 6.07) is 19.0. The summed E-state index contributed by atoms with van der Waals surface area (Å²) in [6.07, 6.45) is -4.81. The summed E-state index contributed by atoms with van der Waals surface area (Å²) in [6.45, 7) is 0. The van der Waals surface area contributed by atoms with Gasteiger partial charge in [-0.2, -0.15) is 0 Å². The van der Waals surface area contributed by atoms with Gasteiger partial charge in [-0.05, 0) is 42.5 Å². The maximum Gasteiger partial charge on any atom is 0.573 e. The molecule has 10 heteroatoms. The molecule has 5 rings (SSSR count). The number of aromatic nitrogens is 3. The molecule has 0 saturated carbocycles. The maximum atomic E-state index is 13.4. The van der Waals surface area contributed by atoms with Gasteiger partial charge in [0, 0.05) is 23.6 Å². The van der Waals surface area contributed by atoms with Crippen LogP contribution in [0.3, 0.4) is 0 Å². The lowest BCUT2D eigenvalue weighted by atomic mass is 10.1. The van der Waals surface area contributed by atoms with Crippen LogP contribution in [0.15, 0.2) is 77.6 Å². The van der Waals surface area contributed by atoms with E-state index in [9.17, 15) is 22.8 Å². The van der Waals surface area contributed by atoms with Crippen LogP contribution >= 0.6 is 0 Å². The van der Waals surface area contributed by atoms with Gasteiger partial charge in [0.1, 0.15) is 17.3 Å². The molecule has 2 heterocycles. The second kappa shape index (κ2) is 8.32. The summed E-state index contributed by atoms with van der Waals surface area (Å²) in [5.41, 5.74) is 1.79. The molecular formula is C25H17F3N4O3. The SMILES string of the molecule is Cn1c(C(=O)Nc2ccc(OC(F)(F)F)cc2)c(-c2nc3ccccc3c(=O)[nH]2)c2ccccc21. The fraction of sp³-hybridized carbons (Fsp3) is 0.0800. The van der Waals surface area contributed by atoms with Crippen molar-refractivity contribution in [2.24, 2.45) is 7.05 Å². The number of para-hydroxylation sites is 2. The Kier molecular flexibility index (Phi) is 5.28. The quantitative estimate of drug-likeness (QED) is 0.370. The zero-order valence-corrected chi connectivity index (χ0v) is 18.2. The van der Waals surface area contributed by atoms with E-state index in [2.05, 4.69) is 20.0 Å². The van der Waals surface area contributed by atoms with Crippen molar-refractivity contribution >= 4 is 33.4 Å². The minimum Gasteiger partial charge on any atom is -0.406 e. The number of anilines is 1. The molecule has 0 aliphatic rings. The van der Waals surface area contributed by atoms with Crippen LogP contribution in [0.1, 0.15) is 10.5 Å². The minimum atomic E-state index is -4.81. The molecule has 2 aromatic heterocycles. The lowest BCUT2D eigenvalue weighted by molar-refractivity contribution is -0.274. The molecular weight excluding hydrogens is 461 g/mol. The van der Waals surface area contributed by atoms with Crippen molar-refractivity contribution in [3.63, 3.8) is 0 Å². The van der Waals surface area contributed by atoms with Crippen molar-refractivity contribution in [1.29, 1.82) is 0 Å². The van der Waals surface area contributed by atoms with Crippen LogP contribution in [0.4, 0.5) is 18.9 Å². The fourth-order valence-electron chi connectivity index (χ4n) is 4.03. The third-order valence-electron chi connectivity index (χ3n) is 5.52. The molecule has 35 heavy (non-hydrogen) atoms. The molecule has 0 fully saturated rings. The smallest absolute Gasteiger partial charge is 0.406 e. The number of carbonyl (C=O) groups excluding carboxylic acids is 1. The van der Waals surface area contributed by atoms with E-state index in [1.54, 1.807) is 35.9 Å². The van der Waals surface area contributed by atoms with Gasteiger partial charge in [0.25, 0.3) is 11.5 Å². The van der Waals surface area contributed by atoms with Gasteiger partial charge in [-0.1, -0.05) is 30.3 Å². The largest absolute Gasteiger partial charge is 0.573 e. The summed E-state index contributed by atoms with van der Waals surface area (Å²) < 4.78 is 42.8. The number of fused-ring (bicyclic) bond motifs is 2. The van der Waals surface area contributed by atoms with Crippen molar-refractivity contribution in [2.45, 2.75) is 6.36 Å². The third-order valence-corrected chi connectivity index (χ3v) is 5.52. The third kappa shape index (κ3) is 4.21. The normalized spacial score (nSPS) is 11.7. The Morgan fingerprint density at radius 1 is 0.971 bits per heavy atom. The van der Waals surface area contributed by atoms with Crippen molar-refractivity contribution in [1.82, 2.24) is 14.5 Å². The maximum absolute atomic E-state index is 13.4. The Morgan fingerprint density at radius 2 is 1.63 bits per heavy atom. The number of carbonyl (C=O) groups is 1. The predicted molar refractivity (Wildman–Crippen MR) is 125 cm³/mol. The number of hydrogen-bond donors (Lipinski definition) is 2. The van der Waals surface area contributed by atoms with E-state index in [0.717, 1.165) is 17.6 Å². The molecule has 0 aliphatic heterocycles. The van der Waals surface area contributed by atoms with Gasteiger partial charge in [-0.25, -0.2) is 4.98 Å². The number of ether oxygens (including phenoxy) is 1. The van der Waals surface area contributed by atoms with Crippen LogP contribution < -0.4 is 15.6 Å². The highest BCUT2D eigenvalue weighted by Gasteiger charge is 2.31. The molecule has 2 N–H and O–H groups in total. The Bertz CT molecular complexity index is 1640. The second-order valence-corrected chi connectivity index (χ2v) is 7.76. The van der Waals surface area contributed by atoms with Crippen molar-refractivity contribution in [3.05, 3.63) is 88.8 Å². The van der Waals surface area contributed by atoms with Crippen LogP contribution in [-0.2, 0) is 7.05 Å². The topological polar surface area (TPSA) is 89.0 Å². The molecule has 7 nitrogen and oxygen atoms in total. The first-order chi connectivity index (χ1) is 16.7. The van der Waals surface area contributed by atoms with Crippen LogP contribution in [-0.4, -0.2) is 26.8 Å². The van der Waals surface area contributed by atoms with Gasteiger partial charge in [-0.3, -0.25) is 9.59 Å². The fourth-order valence-corrected chi connectivity index (χ4v) is 4.03. The average Bonchev–Trinajstić information content (AvgIpc) is 3.12. The molecule has 0 unspecified atom stereocenters. The monoisotopic (exact) mass is 478 g/mol. The summed E-state index contributed by atoms with van der Waals surface area (Å²) >= 11 is 0. The van der Waals surface area contributed by atoms with E-state index >= 15 is 0 Å². The van der Waals surface area contributed by atoms with E-state index in [-0.39, 0.29) is 22.8 Å². The van der Waals surface area contributed by atoms with E-state index in [0.29, 0.717) is 21.9 Å². The lowest BCUT2D eigenvalue weighted by Gasteiger charge is -2.11. The number of hydrogen-bond acceptors (Lipinski definition) is 4. The van der Waals surface area contributed by atoms with E-state index in [1.165, 1.54) is 12.1 Å². The first-order valence-corrected chi connectivity index (χ1v) is 10.5. The molecule has 0 bridgehead atoms. The summed E-state index contributed by atoms with van der Waals surface area (Å²) in [5.74, 6) is -0.706. The van der Waals surface area contributed by atoms with Gasteiger partial charge in [-0.15, -0.1) is 13.2 Å². The molecule has 5 aromatic rings. The Morgan fingerprint density at radius 3 is 2.34 bits per heavy atom. The standard InChI is InChI=1S/C25H17F3N4O3/c1-32-19-9-5-3-7-17(19)20(22-30-18-8-4-2-6-16(18)23(33)31-22)21(32)24(34)29-14-10-12-15(13-11-14)35-25(26,27)28/h2-13H,1H3,(H,29,34)(H,30,31,33). The van der Waals surface area contributed by atoms with Gasteiger partial charge >= 0.3 is 6.36 Å². The second-order valence-electron chi connectivity index (χ2n) is 7.76. The number of amides is 1. The molecule has 0 atom stereocenters. The molecule has 1 amide bonds. The number of nitrogens with zero attached hydrogens (tertiary/aromatic N) is 2. The number of halogens is 3. The molecule has 0 spiro atoms. The summed E-state index contributed by atoms with van der Waals surface area (Å²) in [7, 11) is 1.71. The van der Waals surface area contributed by atoms with Crippen LogP contribution in [0, 0.1) is 0 Å². The predicted octanol–water partition coefficient (Wildman–Crippen LogP) is 5.23. The van der Waals surface area contributed by atoms with E-state index < -0.39 is 18.0 Å². The molecule has 0 aliphatic carbocycles. The molecule has 0 radical (unpaired) electrons. The first kappa shape index (κ1) is 22.2. The first-order valence-electron chi connectivity index (χ1n) is 10.5. The van der Waals surface area contributed by atoms with E-state index in [1.807, 2.05) is 24.3 Å². The molecule has 3 aromatic carbocycles. The highest BCUT2D eigenvalue weighted by molar-refractivity contribution is 6.14. The Hall–Kier alpha value is -4.60. The lowest BCUT2D eigenvalue weighted by Crippen LogP contribution is -2.18. The highest BCUT2D eigenvalue weighted by Crippen LogP contribution is 2.33. The molecule has 176 valence electrons. The number of H-pyrrole nitrogens is 1. The van der Waals surface area contributed by atoms with E-state index in [4.69, 9.17) is 0 Å². The number of alkyl halides is 3. The minimum absolute atomic E-state index is 0.222. The number of nitrogens with one attached hydrogen (secondary N) is 2.